The number of sulfonamides is 1. The van der Waals surface area contributed by atoms with Crippen LogP contribution in [0.15, 0.2) is 70.1 Å². The Balaban J connectivity index is 1.29. The molecule has 0 bridgehead atoms. The van der Waals surface area contributed by atoms with Crippen molar-refractivity contribution in [1.82, 2.24) is 14.9 Å². The van der Waals surface area contributed by atoms with Gasteiger partial charge in [0.1, 0.15) is 23.0 Å². The summed E-state index contributed by atoms with van der Waals surface area (Å²) >= 11 is 0. The topological polar surface area (TPSA) is 139 Å². The van der Waals surface area contributed by atoms with Gasteiger partial charge in [-0.15, -0.1) is 0 Å². The molecular formula is C35H39N5O8S. The third kappa shape index (κ3) is 6.33. The molecule has 1 unspecified atom stereocenters. The summed E-state index contributed by atoms with van der Waals surface area (Å²) in [4.78, 5) is -0.140. The van der Waals surface area contributed by atoms with Crippen LogP contribution in [0.4, 0.5) is 17.3 Å². The number of ether oxygens (including phenoxy) is 5. The van der Waals surface area contributed by atoms with E-state index in [4.69, 9.17) is 33.3 Å². The van der Waals surface area contributed by atoms with E-state index in [1.807, 2.05) is 4.68 Å². The van der Waals surface area contributed by atoms with Gasteiger partial charge in [0.25, 0.3) is 10.0 Å². The van der Waals surface area contributed by atoms with Gasteiger partial charge in [-0.3, -0.25) is 0 Å². The highest BCUT2D eigenvalue weighted by Crippen LogP contribution is 2.45. The van der Waals surface area contributed by atoms with Crippen molar-refractivity contribution >= 4 is 38.3 Å². The van der Waals surface area contributed by atoms with Crippen LogP contribution in [0.3, 0.4) is 0 Å². The van der Waals surface area contributed by atoms with Crippen LogP contribution in [0.2, 0.25) is 0 Å². The highest BCUT2D eigenvalue weighted by Gasteiger charge is 2.36. The number of methoxy groups -OCH3 is 4. The average molecular weight is 690 g/mol. The first-order chi connectivity index (χ1) is 23.8. The molecule has 3 heterocycles. The number of rotatable bonds is 13. The van der Waals surface area contributed by atoms with E-state index in [0.717, 1.165) is 44.4 Å². The second-order valence-corrected chi connectivity index (χ2v) is 13.8. The number of fused-ring (bicyclic) bond motifs is 1. The average Bonchev–Trinajstić information content (AvgIpc) is 3.78. The first-order valence-corrected chi connectivity index (χ1v) is 17.6. The van der Waals surface area contributed by atoms with Crippen LogP contribution in [0.1, 0.15) is 55.5 Å². The Morgan fingerprint density at radius 2 is 1.63 bits per heavy atom. The smallest absolute Gasteiger partial charge is 0.273 e. The van der Waals surface area contributed by atoms with Crippen molar-refractivity contribution in [3.63, 3.8) is 0 Å². The molecule has 2 aliphatic rings. The maximum absolute atomic E-state index is 14.6. The first-order valence-electron chi connectivity index (χ1n) is 16.2. The van der Waals surface area contributed by atoms with Gasteiger partial charge in [0.15, 0.2) is 28.3 Å². The van der Waals surface area contributed by atoms with E-state index in [1.165, 1.54) is 18.5 Å². The van der Waals surface area contributed by atoms with Gasteiger partial charge in [0.05, 0.1) is 46.1 Å². The molecule has 1 saturated carbocycles. The predicted molar refractivity (Wildman–Crippen MR) is 183 cm³/mol. The zero-order chi connectivity index (χ0) is 34.1. The van der Waals surface area contributed by atoms with Crippen LogP contribution in [-0.4, -0.2) is 58.4 Å². The fraction of sp³-hybridized carbons (Fsp3) is 0.371. The van der Waals surface area contributed by atoms with Gasteiger partial charge in [-0.1, -0.05) is 23.4 Å². The molecule has 1 saturated heterocycles. The van der Waals surface area contributed by atoms with Gasteiger partial charge in [0, 0.05) is 30.4 Å². The number of hydrogen-bond donors (Lipinski definition) is 1. The SMILES string of the molecule is COc1ccc(CN(c2noc3cc(Nc4cc(C5CC5)n(C5CCCCO5)n4)c(OC)cc23)S(=O)(=O)c2c(OC)cccc2OC)cc1. The molecule has 7 rings (SSSR count). The highest BCUT2D eigenvalue weighted by molar-refractivity contribution is 7.93. The number of anilines is 3. The zero-order valence-corrected chi connectivity index (χ0v) is 28.7. The summed E-state index contributed by atoms with van der Waals surface area (Å²) in [5, 5.41) is 13.0. The Morgan fingerprint density at radius 1 is 0.898 bits per heavy atom. The van der Waals surface area contributed by atoms with Crippen molar-refractivity contribution in [1.29, 1.82) is 0 Å². The van der Waals surface area contributed by atoms with Crippen molar-refractivity contribution in [3.05, 3.63) is 71.9 Å². The minimum Gasteiger partial charge on any atom is -0.497 e. The Kier molecular flexibility index (Phi) is 8.99. The van der Waals surface area contributed by atoms with E-state index in [-0.39, 0.29) is 35.0 Å². The van der Waals surface area contributed by atoms with Crippen molar-refractivity contribution in [2.24, 2.45) is 0 Å². The minimum atomic E-state index is -4.36. The van der Waals surface area contributed by atoms with Crippen molar-refractivity contribution in [2.75, 3.05) is 44.7 Å². The molecule has 13 nitrogen and oxygen atoms in total. The lowest BCUT2D eigenvalue weighted by molar-refractivity contribution is -0.0409. The number of nitrogens with one attached hydrogen (secondary N) is 1. The van der Waals surface area contributed by atoms with E-state index in [2.05, 4.69) is 16.5 Å². The Hall–Kier alpha value is -4.95. The molecule has 14 heteroatoms. The van der Waals surface area contributed by atoms with Crippen LogP contribution in [-0.2, 0) is 21.3 Å². The predicted octanol–water partition coefficient (Wildman–Crippen LogP) is 6.77. The molecule has 2 fully saturated rings. The van der Waals surface area contributed by atoms with Gasteiger partial charge in [0.2, 0.25) is 0 Å². The number of hydrogen-bond acceptors (Lipinski definition) is 11. The van der Waals surface area contributed by atoms with Crippen molar-refractivity contribution in [2.45, 2.75) is 55.7 Å². The summed E-state index contributed by atoms with van der Waals surface area (Å²) in [6.07, 6.45) is 5.26. The lowest BCUT2D eigenvalue weighted by atomic mass is 10.2. The van der Waals surface area contributed by atoms with Crippen LogP contribution in [0.25, 0.3) is 11.0 Å². The Morgan fingerprint density at radius 3 is 2.27 bits per heavy atom. The second-order valence-electron chi connectivity index (χ2n) is 12.0. The molecule has 1 aliphatic heterocycles. The summed E-state index contributed by atoms with van der Waals surface area (Å²) in [5.41, 5.74) is 2.77. The minimum absolute atomic E-state index is 0.0679. The van der Waals surface area contributed by atoms with E-state index in [1.54, 1.807) is 68.8 Å². The van der Waals surface area contributed by atoms with Gasteiger partial charge in [-0.2, -0.15) is 5.10 Å². The number of aromatic nitrogens is 3. The molecule has 0 radical (unpaired) electrons. The molecule has 258 valence electrons. The van der Waals surface area contributed by atoms with Crippen LogP contribution in [0.5, 0.6) is 23.0 Å². The summed E-state index contributed by atoms with van der Waals surface area (Å²) < 4.78 is 66.5. The van der Waals surface area contributed by atoms with Gasteiger partial charge in [-0.25, -0.2) is 17.4 Å². The van der Waals surface area contributed by atoms with Gasteiger partial charge in [-0.05, 0) is 68.0 Å². The molecule has 1 N–H and O–H groups in total. The third-order valence-electron chi connectivity index (χ3n) is 8.88. The van der Waals surface area contributed by atoms with Crippen LogP contribution >= 0.6 is 0 Å². The van der Waals surface area contributed by atoms with Crippen LogP contribution < -0.4 is 28.6 Å². The Bertz CT molecular complexity index is 2030. The summed E-state index contributed by atoms with van der Waals surface area (Å²) in [6, 6.07) is 17.4. The number of nitrogens with zero attached hydrogens (tertiary/aromatic N) is 4. The van der Waals surface area contributed by atoms with Crippen molar-refractivity contribution < 1.29 is 36.6 Å². The van der Waals surface area contributed by atoms with E-state index >= 15 is 0 Å². The third-order valence-corrected chi connectivity index (χ3v) is 10.7. The standard InChI is InChI=1S/C35H39N5O8S/c1-43-24-15-11-22(12-16-24)21-39(49(41,42)34-28(44-2)8-7-9-29(34)45-3)35-25-18-31(46-4)26(19-30(25)48-38-35)36-32-20-27(23-13-14-23)40(37-32)33-10-5-6-17-47-33/h7-9,11-12,15-16,18-20,23,33H,5-6,10,13-14,17,21H2,1-4H3,(H,36,37). The van der Waals surface area contributed by atoms with Crippen molar-refractivity contribution in [3.8, 4) is 23.0 Å². The van der Waals surface area contributed by atoms with Crippen LogP contribution in [0, 0.1) is 0 Å². The summed E-state index contributed by atoms with van der Waals surface area (Å²) in [5.74, 6) is 2.53. The molecule has 1 atom stereocenters. The molecule has 0 spiro atoms. The monoisotopic (exact) mass is 689 g/mol. The fourth-order valence-electron chi connectivity index (χ4n) is 6.19. The maximum atomic E-state index is 14.6. The molecular weight excluding hydrogens is 650 g/mol. The zero-order valence-electron chi connectivity index (χ0n) is 27.8. The highest BCUT2D eigenvalue weighted by atomic mass is 32.2. The molecule has 2 aromatic heterocycles. The molecule has 1 aliphatic carbocycles. The molecule has 5 aromatic rings. The summed E-state index contributed by atoms with van der Waals surface area (Å²) in [6.45, 7) is 0.646. The Labute approximate surface area is 284 Å². The molecule has 49 heavy (non-hydrogen) atoms. The quantitative estimate of drug-likeness (QED) is 0.140. The normalized spacial score (nSPS) is 16.4. The van der Waals surface area contributed by atoms with Gasteiger partial charge >= 0.3 is 0 Å². The van der Waals surface area contributed by atoms with Gasteiger partial charge < -0.3 is 33.5 Å². The lowest BCUT2D eigenvalue weighted by Gasteiger charge is -2.24. The molecule has 0 amide bonds. The second kappa shape index (κ2) is 13.5. The molecule has 3 aromatic carbocycles. The number of benzene rings is 3. The van der Waals surface area contributed by atoms with E-state index < -0.39 is 10.0 Å². The summed E-state index contributed by atoms with van der Waals surface area (Å²) in [7, 11) is 1.58. The van der Waals surface area contributed by atoms with E-state index in [9.17, 15) is 8.42 Å². The maximum Gasteiger partial charge on any atom is 0.273 e. The fourth-order valence-corrected chi connectivity index (χ4v) is 7.90. The van der Waals surface area contributed by atoms with E-state index in [0.29, 0.717) is 45.5 Å². The first kappa shape index (κ1) is 32.6. The lowest BCUT2D eigenvalue weighted by Crippen LogP contribution is -2.31. The largest absolute Gasteiger partial charge is 0.497 e.